The van der Waals surface area contributed by atoms with Crippen molar-refractivity contribution in [1.82, 2.24) is 15.0 Å². The summed E-state index contributed by atoms with van der Waals surface area (Å²) in [5, 5.41) is 4.15. The Morgan fingerprint density at radius 3 is 2.72 bits per heavy atom. The molecule has 4 rings (SSSR count). The van der Waals surface area contributed by atoms with Crippen molar-refractivity contribution in [2.45, 2.75) is 25.2 Å². The minimum atomic E-state index is 0.0133. The minimum Gasteiger partial charge on any atom is -0.497 e. The number of nitrogens with zero attached hydrogens (tertiary/aromatic N) is 3. The zero-order valence-electron chi connectivity index (χ0n) is 18.5. The van der Waals surface area contributed by atoms with Crippen LogP contribution in [0.1, 0.15) is 30.2 Å². The number of aromatic nitrogens is 2. The summed E-state index contributed by atoms with van der Waals surface area (Å²) in [5.74, 6) is 3.12. The summed E-state index contributed by atoms with van der Waals surface area (Å²) in [5.41, 5.74) is 1.71. The number of likely N-dealkylation sites (tertiary alicyclic amines) is 1. The van der Waals surface area contributed by atoms with Crippen molar-refractivity contribution in [3.05, 3.63) is 53.9 Å². The summed E-state index contributed by atoms with van der Waals surface area (Å²) >= 11 is 0. The van der Waals surface area contributed by atoms with Gasteiger partial charge in [-0.1, -0.05) is 17.3 Å². The molecular weight excluding hydrogens is 410 g/mol. The van der Waals surface area contributed by atoms with Gasteiger partial charge in [-0.05, 0) is 48.7 Å². The molecule has 32 heavy (non-hydrogen) atoms. The second-order valence-electron chi connectivity index (χ2n) is 7.73. The third kappa shape index (κ3) is 4.69. The number of amides is 1. The number of ether oxygens (including phenoxy) is 3. The fourth-order valence-corrected chi connectivity index (χ4v) is 3.97. The van der Waals surface area contributed by atoms with E-state index in [0.717, 1.165) is 36.3 Å². The van der Waals surface area contributed by atoms with Crippen LogP contribution in [0.5, 0.6) is 17.2 Å². The highest BCUT2D eigenvalue weighted by atomic mass is 16.5. The Hall–Kier alpha value is -3.55. The van der Waals surface area contributed by atoms with Crippen LogP contribution in [0.15, 0.2) is 47.0 Å². The van der Waals surface area contributed by atoms with Crippen molar-refractivity contribution in [3.8, 4) is 28.6 Å². The molecule has 0 radical (unpaired) electrons. The monoisotopic (exact) mass is 437 g/mol. The molecule has 1 fully saturated rings. The Bertz CT molecular complexity index is 1080. The first kappa shape index (κ1) is 21.7. The van der Waals surface area contributed by atoms with Crippen molar-refractivity contribution in [1.29, 1.82) is 0 Å². The Balaban J connectivity index is 1.45. The average Bonchev–Trinajstić information content (AvgIpc) is 3.34. The Kier molecular flexibility index (Phi) is 6.58. The molecule has 2 heterocycles. The number of hydrogen-bond donors (Lipinski definition) is 0. The zero-order valence-corrected chi connectivity index (χ0v) is 18.5. The first-order valence-electron chi connectivity index (χ1n) is 10.6. The van der Waals surface area contributed by atoms with Crippen molar-refractivity contribution in [3.63, 3.8) is 0 Å². The number of benzene rings is 2. The highest BCUT2D eigenvalue weighted by molar-refractivity contribution is 5.79. The number of piperidine rings is 1. The predicted molar refractivity (Wildman–Crippen MR) is 118 cm³/mol. The molecule has 1 aromatic heterocycles. The van der Waals surface area contributed by atoms with E-state index >= 15 is 0 Å². The predicted octanol–water partition coefficient (Wildman–Crippen LogP) is 3.71. The van der Waals surface area contributed by atoms with Gasteiger partial charge in [0.25, 0.3) is 0 Å². The molecule has 8 heteroatoms. The summed E-state index contributed by atoms with van der Waals surface area (Å²) < 4.78 is 21.5. The summed E-state index contributed by atoms with van der Waals surface area (Å²) in [6, 6.07) is 13.1. The SMILES string of the molecule is COc1cccc(CC(=O)N2CCCC(c3nc(-c4ccc(OC)c(OC)c4)no3)C2)c1. The molecule has 0 aliphatic carbocycles. The molecule has 2 aromatic carbocycles. The zero-order chi connectivity index (χ0) is 22.5. The van der Waals surface area contributed by atoms with Crippen LogP contribution >= 0.6 is 0 Å². The van der Waals surface area contributed by atoms with Crippen LogP contribution in [0.25, 0.3) is 11.4 Å². The molecule has 1 atom stereocenters. The van der Waals surface area contributed by atoms with Crippen molar-refractivity contribution < 1.29 is 23.5 Å². The van der Waals surface area contributed by atoms with E-state index in [1.54, 1.807) is 21.3 Å². The quantitative estimate of drug-likeness (QED) is 0.557. The first-order valence-corrected chi connectivity index (χ1v) is 10.6. The van der Waals surface area contributed by atoms with E-state index in [4.69, 9.17) is 18.7 Å². The number of carbonyl (C=O) groups is 1. The second-order valence-corrected chi connectivity index (χ2v) is 7.73. The highest BCUT2D eigenvalue weighted by Crippen LogP contribution is 2.33. The van der Waals surface area contributed by atoms with Crippen molar-refractivity contribution >= 4 is 5.91 Å². The largest absolute Gasteiger partial charge is 0.497 e. The van der Waals surface area contributed by atoms with Crippen LogP contribution in [0.4, 0.5) is 0 Å². The molecule has 0 N–H and O–H groups in total. The van der Waals surface area contributed by atoms with E-state index < -0.39 is 0 Å². The van der Waals surface area contributed by atoms with E-state index in [-0.39, 0.29) is 11.8 Å². The van der Waals surface area contributed by atoms with Gasteiger partial charge in [0.2, 0.25) is 17.6 Å². The van der Waals surface area contributed by atoms with Gasteiger partial charge in [-0.25, -0.2) is 0 Å². The smallest absolute Gasteiger partial charge is 0.231 e. The lowest BCUT2D eigenvalue weighted by Gasteiger charge is -2.31. The van der Waals surface area contributed by atoms with Crippen LogP contribution in [0, 0.1) is 0 Å². The van der Waals surface area contributed by atoms with Crippen molar-refractivity contribution in [2.75, 3.05) is 34.4 Å². The van der Waals surface area contributed by atoms with E-state index in [0.29, 0.717) is 36.2 Å². The van der Waals surface area contributed by atoms with Gasteiger partial charge in [0.15, 0.2) is 11.5 Å². The van der Waals surface area contributed by atoms with Crippen LogP contribution in [0.3, 0.4) is 0 Å². The number of hydrogen-bond acceptors (Lipinski definition) is 7. The van der Waals surface area contributed by atoms with Gasteiger partial charge in [-0.3, -0.25) is 4.79 Å². The summed E-state index contributed by atoms with van der Waals surface area (Å²) in [7, 11) is 4.80. The van der Waals surface area contributed by atoms with Gasteiger partial charge < -0.3 is 23.6 Å². The summed E-state index contributed by atoms with van der Waals surface area (Å²) in [6.07, 6.45) is 2.13. The topological polar surface area (TPSA) is 86.9 Å². The third-order valence-corrected chi connectivity index (χ3v) is 5.70. The molecule has 3 aromatic rings. The van der Waals surface area contributed by atoms with Crippen molar-refractivity contribution in [2.24, 2.45) is 0 Å². The standard InChI is InChI=1S/C24H27N3O5/c1-29-19-8-4-6-16(12-19)13-22(28)27-11-5-7-18(15-27)24-25-23(26-32-24)17-9-10-20(30-2)21(14-17)31-3/h4,6,8-10,12,14,18H,5,7,11,13,15H2,1-3H3. The molecule has 0 spiro atoms. The van der Waals surface area contributed by atoms with Gasteiger partial charge in [0.05, 0.1) is 33.7 Å². The molecule has 0 saturated carbocycles. The fourth-order valence-electron chi connectivity index (χ4n) is 3.97. The molecule has 8 nitrogen and oxygen atoms in total. The Morgan fingerprint density at radius 2 is 1.94 bits per heavy atom. The maximum Gasteiger partial charge on any atom is 0.231 e. The normalized spacial score (nSPS) is 16.0. The molecular formula is C24H27N3O5. The van der Waals surface area contributed by atoms with E-state index in [1.807, 2.05) is 47.4 Å². The third-order valence-electron chi connectivity index (χ3n) is 5.70. The number of methoxy groups -OCH3 is 3. The van der Waals surface area contributed by atoms with Crippen LogP contribution in [-0.4, -0.2) is 55.4 Å². The van der Waals surface area contributed by atoms with Gasteiger partial charge >= 0.3 is 0 Å². The summed E-state index contributed by atoms with van der Waals surface area (Å²) in [6.45, 7) is 1.30. The molecule has 1 unspecified atom stereocenters. The Labute approximate surface area is 187 Å². The maximum absolute atomic E-state index is 12.9. The Morgan fingerprint density at radius 1 is 1.09 bits per heavy atom. The maximum atomic E-state index is 12.9. The van der Waals surface area contributed by atoms with Gasteiger partial charge in [-0.15, -0.1) is 0 Å². The lowest BCUT2D eigenvalue weighted by molar-refractivity contribution is -0.131. The van der Waals surface area contributed by atoms with Gasteiger partial charge in [0.1, 0.15) is 5.75 Å². The van der Waals surface area contributed by atoms with Crippen LogP contribution in [0.2, 0.25) is 0 Å². The second kappa shape index (κ2) is 9.72. The highest BCUT2D eigenvalue weighted by Gasteiger charge is 2.29. The molecule has 0 bridgehead atoms. The van der Waals surface area contributed by atoms with E-state index in [9.17, 15) is 4.79 Å². The van der Waals surface area contributed by atoms with Crippen LogP contribution < -0.4 is 14.2 Å². The summed E-state index contributed by atoms with van der Waals surface area (Å²) in [4.78, 5) is 19.4. The van der Waals surface area contributed by atoms with E-state index in [2.05, 4.69) is 10.1 Å². The van der Waals surface area contributed by atoms with Crippen LogP contribution in [-0.2, 0) is 11.2 Å². The molecule has 1 aliphatic rings. The lowest BCUT2D eigenvalue weighted by atomic mass is 9.97. The lowest BCUT2D eigenvalue weighted by Crippen LogP contribution is -2.40. The fraction of sp³-hybridized carbons (Fsp3) is 0.375. The average molecular weight is 437 g/mol. The molecule has 1 aliphatic heterocycles. The first-order chi connectivity index (χ1) is 15.6. The van der Waals surface area contributed by atoms with Gasteiger partial charge in [0, 0.05) is 18.7 Å². The van der Waals surface area contributed by atoms with E-state index in [1.165, 1.54) is 0 Å². The molecule has 168 valence electrons. The molecule has 1 amide bonds. The number of carbonyl (C=O) groups excluding carboxylic acids is 1. The number of rotatable bonds is 7. The molecule has 1 saturated heterocycles. The van der Waals surface area contributed by atoms with Gasteiger partial charge in [-0.2, -0.15) is 4.98 Å². The minimum absolute atomic E-state index is 0.0133.